The van der Waals surface area contributed by atoms with E-state index in [9.17, 15) is 4.79 Å². The van der Waals surface area contributed by atoms with Gasteiger partial charge in [-0.3, -0.25) is 9.48 Å². The summed E-state index contributed by atoms with van der Waals surface area (Å²) in [6.45, 7) is 8.35. The summed E-state index contributed by atoms with van der Waals surface area (Å²) < 4.78 is 7.39. The number of hydrogen-bond donors (Lipinski definition) is 1. The van der Waals surface area contributed by atoms with Gasteiger partial charge in [0, 0.05) is 30.8 Å². The summed E-state index contributed by atoms with van der Waals surface area (Å²) in [5.74, 6) is 1.66. The Balaban J connectivity index is 2.07. The van der Waals surface area contributed by atoms with E-state index in [1.807, 2.05) is 40.8 Å². The van der Waals surface area contributed by atoms with Crippen LogP contribution in [0, 0.1) is 13.8 Å². The van der Waals surface area contributed by atoms with E-state index in [4.69, 9.17) is 4.42 Å². The number of hydrogen-bond acceptors (Lipinski definition) is 3. The largest absolute Gasteiger partial charge is 0.465 e. The van der Waals surface area contributed by atoms with Gasteiger partial charge in [-0.05, 0) is 19.9 Å². The number of nitrogens with one attached hydrogen (secondary N) is 1. The molecule has 0 radical (unpaired) electrons. The Morgan fingerprint density at radius 1 is 1.45 bits per heavy atom. The van der Waals surface area contributed by atoms with E-state index < -0.39 is 0 Å². The number of furan rings is 1. The fourth-order valence-corrected chi connectivity index (χ4v) is 2.00. The molecule has 0 fully saturated rings. The second-order valence-electron chi connectivity index (χ2n) is 5.33. The predicted octanol–water partition coefficient (Wildman–Crippen LogP) is 2.68. The van der Waals surface area contributed by atoms with Crippen molar-refractivity contribution in [1.82, 2.24) is 15.1 Å². The molecular weight excluding hydrogens is 254 g/mol. The van der Waals surface area contributed by atoms with Crippen molar-refractivity contribution in [3.05, 3.63) is 40.6 Å². The number of carbonyl (C=O) groups excluding carboxylic acids is 1. The Labute approximate surface area is 119 Å². The Morgan fingerprint density at radius 2 is 2.15 bits per heavy atom. The Hall–Kier alpha value is -2.04. The van der Waals surface area contributed by atoms with Crippen molar-refractivity contribution in [1.29, 1.82) is 0 Å². The smallest absolute Gasteiger partial charge is 0.255 e. The number of aromatic nitrogens is 2. The highest BCUT2D eigenvalue weighted by Crippen LogP contribution is 2.21. The summed E-state index contributed by atoms with van der Waals surface area (Å²) in [6.07, 6.45) is 1.78. The third kappa shape index (κ3) is 2.76. The minimum atomic E-state index is -0.110. The lowest BCUT2D eigenvalue weighted by Crippen LogP contribution is -2.23. The van der Waals surface area contributed by atoms with Crippen LogP contribution in [-0.4, -0.2) is 15.7 Å². The quantitative estimate of drug-likeness (QED) is 0.933. The Morgan fingerprint density at radius 3 is 2.65 bits per heavy atom. The zero-order valence-corrected chi connectivity index (χ0v) is 12.7. The fraction of sp³-hybridized carbons (Fsp3) is 0.467. The highest BCUT2D eigenvalue weighted by atomic mass is 16.3. The Kier molecular flexibility index (Phi) is 3.97. The first-order chi connectivity index (χ1) is 9.40. The molecule has 0 unspecified atom stereocenters. The van der Waals surface area contributed by atoms with E-state index in [-0.39, 0.29) is 11.8 Å². The van der Waals surface area contributed by atoms with Gasteiger partial charge in [0.2, 0.25) is 0 Å². The van der Waals surface area contributed by atoms with Crippen LogP contribution >= 0.6 is 0 Å². The molecule has 5 heteroatoms. The maximum absolute atomic E-state index is 12.2. The molecule has 0 aliphatic heterocycles. The standard InChI is InChI=1S/C15H21N3O2/c1-9(2)14-6-13(11(4)20-14)15(19)16-7-12-8-17-18(5)10(12)3/h6,8-9H,7H2,1-5H3,(H,16,19). The monoisotopic (exact) mass is 275 g/mol. The average Bonchev–Trinajstić information content (AvgIpc) is 2.93. The molecule has 20 heavy (non-hydrogen) atoms. The number of nitrogens with zero attached hydrogens (tertiary/aromatic N) is 2. The van der Waals surface area contributed by atoms with E-state index in [1.165, 1.54) is 0 Å². The van der Waals surface area contributed by atoms with Gasteiger partial charge in [0.15, 0.2) is 0 Å². The van der Waals surface area contributed by atoms with Gasteiger partial charge >= 0.3 is 0 Å². The molecule has 0 bridgehead atoms. The van der Waals surface area contributed by atoms with Gasteiger partial charge in [-0.15, -0.1) is 0 Å². The molecule has 1 amide bonds. The van der Waals surface area contributed by atoms with Crippen molar-refractivity contribution in [3.63, 3.8) is 0 Å². The van der Waals surface area contributed by atoms with Gasteiger partial charge in [-0.2, -0.15) is 5.10 Å². The summed E-state index contributed by atoms with van der Waals surface area (Å²) >= 11 is 0. The topological polar surface area (TPSA) is 60.1 Å². The second-order valence-corrected chi connectivity index (χ2v) is 5.33. The van der Waals surface area contributed by atoms with Crippen LogP contribution in [0.4, 0.5) is 0 Å². The number of aryl methyl sites for hydroxylation is 2. The van der Waals surface area contributed by atoms with Crippen LogP contribution in [0.15, 0.2) is 16.7 Å². The van der Waals surface area contributed by atoms with E-state index in [0.29, 0.717) is 17.9 Å². The van der Waals surface area contributed by atoms with Crippen LogP contribution in [0.1, 0.15) is 52.9 Å². The van der Waals surface area contributed by atoms with Crippen molar-refractivity contribution in [2.75, 3.05) is 0 Å². The molecule has 0 aliphatic rings. The molecular formula is C15H21N3O2. The molecule has 0 atom stereocenters. The summed E-state index contributed by atoms with van der Waals surface area (Å²) in [4.78, 5) is 12.2. The van der Waals surface area contributed by atoms with E-state index in [0.717, 1.165) is 17.0 Å². The third-order valence-electron chi connectivity index (χ3n) is 3.53. The van der Waals surface area contributed by atoms with Gasteiger partial charge in [0.05, 0.1) is 11.8 Å². The minimum absolute atomic E-state index is 0.110. The Bertz CT molecular complexity index is 623. The van der Waals surface area contributed by atoms with Crippen LogP contribution in [0.25, 0.3) is 0 Å². The normalized spacial score (nSPS) is 11.1. The third-order valence-corrected chi connectivity index (χ3v) is 3.53. The maximum atomic E-state index is 12.2. The van der Waals surface area contributed by atoms with Gasteiger partial charge in [0.1, 0.15) is 11.5 Å². The van der Waals surface area contributed by atoms with E-state index >= 15 is 0 Å². The molecule has 0 saturated carbocycles. The van der Waals surface area contributed by atoms with E-state index in [1.54, 1.807) is 10.9 Å². The maximum Gasteiger partial charge on any atom is 0.255 e. The molecule has 2 heterocycles. The summed E-state index contributed by atoms with van der Waals surface area (Å²) in [5, 5.41) is 7.07. The number of amides is 1. The van der Waals surface area contributed by atoms with Crippen LogP contribution in [0.2, 0.25) is 0 Å². The first-order valence-electron chi connectivity index (χ1n) is 6.76. The zero-order valence-electron chi connectivity index (χ0n) is 12.7. The summed E-state index contributed by atoms with van der Waals surface area (Å²) in [5.41, 5.74) is 2.68. The summed E-state index contributed by atoms with van der Waals surface area (Å²) in [6, 6.07) is 1.82. The predicted molar refractivity (Wildman–Crippen MR) is 76.6 cm³/mol. The van der Waals surface area contributed by atoms with Gasteiger partial charge in [0.25, 0.3) is 5.91 Å². The lowest BCUT2D eigenvalue weighted by Gasteiger charge is -2.04. The minimum Gasteiger partial charge on any atom is -0.465 e. The first kappa shape index (κ1) is 14.4. The highest BCUT2D eigenvalue weighted by Gasteiger charge is 2.16. The zero-order chi connectivity index (χ0) is 14.9. The van der Waals surface area contributed by atoms with Crippen molar-refractivity contribution < 1.29 is 9.21 Å². The lowest BCUT2D eigenvalue weighted by atomic mass is 10.1. The number of carbonyl (C=O) groups is 1. The van der Waals surface area contributed by atoms with Crippen molar-refractivity contribution >= 4 is 5.91 Å². The first-order valence-corrected chi connectivity index (χ1v) is 6.76. The summed E-state index contributed by atoms with van der Waals surface area (Å²) in [7, 11) is 1.88. The lowest BCUT2D eigenvalue weighted by molar-refractivity contribution is 0.0949. The molecule has 2 aromatic rings. The molecule has 108 valence electrons. The van der Waals surface area contributed by atoms with Crippen molar-refractivity contribution in [3.8, 4) is 0 Å². The molecule has 5 nitrogen and oxygen atoms in total. The number of rotatable bonds is 4. The van der Waals surface area contributed by atoms with E-state index in [2.05, 4.69) is 10.4 Å². The molecule has 0 aromatic carbocycles. The average molecular weight is 275 g/mol. The second kappa shape index (κ2) is 5.53. The molecule has 2 rings (SSSR count). The molecule has 0 spiro atoms. The van der Waals surface area contributed by atoms with Crippen LogP contribution in [-0.2, 0) is 13.6 Å². The van der Waals surface area contributed by atoms with Crippen molar-refractivity contribution in [2.24, 2.45) is 7.05 Å². The molecule has 2 aromatic heterocycles. The SMILES string of the molecule is Cc1oc(C(C)C)cc1C(=O)NCc1cnn(C)c1C. The molecule has 1 N–H and O–H groups in total. The van der Waals surface area contributed by atoms with Crippen LogP contribution in [0.5, 0.6) is 0 Å². The van der Waals surface area contributed by atoms with Gasteiger partial charge < -0.3 is 9.73 Å². The van der Waals surface area contributed by atoms with Gasteiger partial charge in [-0.25, -0.2) is 0 Å². The fourth-order valence-electron chi connectivity index (χ4n) is 2.00. The van der Waals surface area contributed by atoms with Crippen LogP contribution in [0.3, 0.4) is 0 Å². The molecule has 0 saturated heterocycles. The molecule has 0 aliphatic carbocycles. The van der Waals surface area contributed by atoms with Crippen LogP contribution < -0.4 is 5.32 Å². The van der Waals surface area contributed by atoms with Gasteiger partial charge in [-0.1, -0.05) is 13.8 Å². The highest BCUT2D eigenvalue weighted by molar-refractivity contribution is 5.95. The van der Waals surface area contributed by atoms with Crippen molar-refractivity contribution in [2.45, 2.75) is 40.2 Å².